The van der Waals surface area contributed by atoms with E-state index in [1.165, 1.54) is 5.56 Å². The summed E-state index contributed by atoms with van der Waals surface area (Å²) in [4.78, 5) is 0. The summed E-state index contributed by atoms with van der Waals surface area (Å²) in [6, 6.07) is 11.5. The lowest BCUT2D eigenvalue weighted by Gasteiger charge is -2.07. The fourth-order valence-electron chi connectivity index (χ4n) is 2.03. The Balaban J connectivity index is 1.70. The van der Waals surface area contributed by atoms with Gasteiger partial charge < -0.3 is 13.7 Å². The second-order valence-electron chi connectivity index (χ2n) is 4.72. The Morgan fingerprint density at radius 3 is 2.75 bits per heavy atom. The Bertz CT molecular complexity index is 698. The standard InChI is InChI=1S/C16H15NO3/c1-11-5-6-14(12(2)8-11)19-10-13-9-16(20-17-13)15-4-3-7-18-15/h3-9H,10H2,1-2H3. The van der Waals surface area contributed by atoms with Crippen molar-refractivity contribution in [3.8, 4) is 17.3 Å². The van der Waals surface area contributed by atoms with Crippen LogP contribution in [0, 0.1) is 13.8 Å². The van der Waals surface area contributed by atoms with Crippen molar-refractivity contribution >= 4 is 0 Å². The third kappa shape index (κ3) is 2.59. The topological polar surface area (TPSA) is 48.4 Å². The smallest absolute Gasteiger partial charge is 0.202 e. The Morgan fingerprint density at radius 1 is 1.10 bits per heavy atom. The van der Waals surface area contributed by atoms with Crippen LogP contribution in [0.1, 0.15) is 16.8 Å². The molecule has 0 amide bonds. The van der Waals surface area contributed by atoms with Crippen molar-refractivity contribution in [1.82, 2.24) is 5.16 Å². The van der Waals surface area contributed by atoms with E-state index in [4.69, 9.17) is 13.7 Å². The van der Waals surface area contributed by atoms with Crippen LogP contribution in [-0.2, 0) is 6.61 Å². The second kappa shape index (κ2) is 5.25. The van der Waals surface area contributed by atoms with Crippen LogP contribution in [0.3, 0.4) is 0 Å². The number of ether oxygens (including phenoxy) is 1. The van der Waals surface area contributed by atoms with Crippen molar-refractivity contribution < 1.29 is 13.7 Å². The minimum absolute atomic E-state index is 0.369. The Labute approximate surface area is 117 Å². The molecule has 4 heteroatoms. The van der Waals surface area contributed by atoms with Crippen LogP contribution in [0.15, 0.2) is 51.6 Å². The Kier molecular flexibility index (Phi) is 3.29. The molecular formula is C16H15NO3. The van der Waals surface area contributed by atoms with Crippen molar-refractivity contribution in [3.05, 3.63) is 59.5 Å². The zero-order valence-electron chi connectivity index (χ0n) is 11.4. The van der Waals surface area contributed by atoms with Gasteiger partial charge in [-0.15, -0.1) is 0 Å². The summed E-state index contributed by atoms with van der Waals surface area (Å²) in [7, 11) is 0. The first kappa shape index (κ1) is 12.5. The van der Waals surface area contributed by atoms with E-state index in [0.29, 0.717) is 18.1 Å². The number of aromatic nitrogens is 1. The van der Waals surface area contributed by atoms with Crippen molar-refractivity contribution in [2.24, 2.45) is 0 Å². The highest BCUT2D eigenvalue weighted by Crippen LogP contribution is 2.23. The fourth-order valence-corrected chi connectivity index (χ4v) is 2.03. The summed E-state index contributed by atoms with van der Waals surface area (Å²) in [6.45, 7) is 4.46. The van der Waals surface area contributed by atoms with Crippen LogP contribution in [-0.4, -0.2) is 5.16 Å². The minimum atomic E-state index is 0.369. The van der Waals surface area contributed by atoms with E-state index in [1.807, 2.05) is 37.3 Å². The number of hydrogen-bond donors (Lipinski definition) is 0. The molecule has 0 aliphatic heterocycles. The molecule has 0 bridgehead atoms. The van der Waals surface area contributed by atoms with Gasteiger partial charge in [-0.3, -0.25) is 0 Å². The van der Waals surface area contributed by atoms with Crippen molar-refractivity contribution in [2.75, 3.05) is 0 Å². The summed E-state index contributed by atoms with van der Waals surface area (Å²) in [5.74, 6) is 2.13. The van der Waals surface area contributed by atoms with Crippen LogP contribution < -0.4 is 4.74 Å². The number of furan rings is 1. The molecular weight excluding hydrogens is 254 g/mol. The SMILES string of the molecule is Cc1ccc(OCc2cc(-c3ccco3)on2)c(C)c1. The largest absolute Gasteiger partial charge is 0.487 e. The summed E-state index contributed by atoms with van der Waals surface area (Å²) >= 11 is 0. The van der Waals surface area contributed by atoms with E-state index in [0.717, 1.165) is 17.0 Å². The zero-order valence-corrected chi connectivity index (χ0v) is 11.4. The molecule has 0 radical (unpaired) electrons. The number of hydrogen-bond acceptors (Lipinski definition) is 4. The molecule has 0 saturated heterocycles. The molecule has 102 valence electrons. The summed E-state index contributed by atoms with van der Waals surface area (Å²) in [6.07, 6.45) is 1.60. The van der Waals surface area contributed by atoms with E-state index >= 15 is 0 Å². The molecule has 4 nitrogen and oxygen atoms in total. The van der Waals surface area contributed by atoms with Crippen LogP contribution >= 0.6 is 0 Å². The van der Waals surface area contributed by atoms with Gasteiger partial charge in [0.15, 0.2) is 5.76 Å². The van der Waals surface area contributed by atoms with Crippen LogP contribution in [0.4, 0.5) is 0 Å². The highest BCUT2D eigenvalue weighted by molar-refractivity contribution is 5.49. The molecule has 3 rings (SSSR count). The number of benzene rings is 1. The molecule has 0 aliphatic carbocycles. The van der Waals surface area contributed by atoms with Crippen LogP contribution in [0.5, 0.6) is 5.75 Å². The third-order valence-corrected chi connectivity index (χ3v) is 3.03. The van der Waals surface area contributed by atoms with Crippen LogP contribution in [0.25, 0.3) is 11.5 Å². The lowest BCUT2D eigenvalue weighted by molar-refractivity contribution is 0.288. The molecule has 2 heterocycles. The average molecular weight is 269 g/mol. The van der Waals surface area contributed by atoms with Gasteiger partial charge in [-0.1, -0.05) is 22.9 Å². The van der Waals surface area contributed by atoms with E-state index < -0.39 is 0 Å². The molecule has 0 aliphatic rings. The van der Waals surface area contributed by atoms with Gasteiger partial charge >= 0.3 is 0 Å². The van der Waals surface area contributed by atoms with Gasteiger partial charge in [-0.05, 0) is 37.6 Å². The third-order valence-electron chi connectivity index (χ3n) is 3.03. The second-order valence-corrected chi connectivity index (χ2v) is 4.72. The van der Waals surface area contributed by atoms with Gasteiger partial charge in [0.25, 0.3) is 0 Å². The normalized spacial score (nSPS) is 10.7. The van der Waals surface area contributed by atoms with Gasteiger partial charge in [-0.25, -0.2) is 0 Å². The number of rotatable bonds is 4. The van der Waals surface area contributed by atoms with E-state index in [1.54, 1.807) is 6.26 Å². The minimum Gasteiger partial charge on any atom is -0.487 e. The molecule has 0 fully saturated rings. The van der Waals surface area contributed by atoms with Crippen molar-refractivity contribution in [3.63, 3.8) is 0 Å². The van der Waals surface area contributed by atoms with Gasteiger partial charge in [-0.2, -0.15) is 0 Å². The first-order chi connectivity index (χ1) is 9.72. The molecule has 0 spiro atoms. The maximum Gasteiger partial charge on any atom is 0.202 e. The molecule has 0 unspecified atom stereocenters. The maximum atomic E-state index is 5.76. The summed E-state index contributed by atoms with van der Waals surface area (Å²) < 4.78 is 16.2. The van der Waals surface area contributed by atoms with E-state index in [-0.39, 0.29) is 0 Å². The van der Waals surface area contributed by atoms with Gasteiger partial charge in [0, 0.05) is 6.07 Å². The van der Waals surface area contributed by atoms with Crippen molar-refractivity contribution in [2.45, 2.75) is 20.5 Å². The van der Waals surface area contributed by atoms with E-state index in [9.17, 15) is 0 Å². The molecule has 0 N–H and O–H groups in total. The number of nitrogens with zero attached hydrogens (tertiary/aromatic N) is 1. The molecule has 3 aromatic rings. The quantitative estimate of drug-likeness (QED) is 0.714. The summed E-state index contributed by atoms with van der Waals surface area (Å²) in [5, 5.41) is 3.97. The molecule has 0 atom stereocenters. The first-order valence-corrected chi connectivity index (χ1v) is 6.42. The molecule has 0 saturated carbocycles. The summed E-state index contributed by atoms with van der Waals surface area (Å²) in [5.41, 5.74) is 3.06. The predicted molar refractivity (Wildman–Crippen MR) is 74.5 cm³/mol. The lowest BCUT2D eigenvalue weighted by atomic mass is 10.1. The van der Waals surface area contributed by atoms with Crippen molar-refractivity contribution in [1.29, 1.82) is 0 Å². The average Bonchev–Trinajstić information content (AvgIpc) is 3.08. The first-order valence-electron chi connectivity index (χ1n) is 6.42. The predicted octanol–water partition coefficient (Wildman–Crippen LogP) is 4.13. The monoisotopic (exact) mass is 269 g/mol. The maximum absolute atomic E-state index is 5.76. The lowest BCUT2D eigenvalue weighted by Crippen LogP contribution is -1.97. The zero-order chi connectivity index (χ0) is 13.9. The number of aryl methyl sites for hydroxylation is 2. The molecule has 1 aromatic carbocycles. The van der Waals surface area contributed by atoms with Gasteiger partial charge in [0.1, 0.15) is 18.1 Å². The van der Waals surface area contributed by atoms with Gasteiger partial charge in [0.05, 0.1) is 6.26 Å². The highest BCUT2D eigenvalue weighted by atomic mass is 16.5. The molecule has 2 aromatic heterocycles. The van der Waals surface area contributed by atoms with Gasteiger partial charge in [0.2, 0.25) is 5.76 Å². The molecule has 20 heavy (non-hydrogen) atoms. The van der Waals surface area contributed by atoms with E-state index in [2.05, 4.69) is 18.1 Å². The Morgan fingerprint density at radius 2 is 2.00 bits per heavy atom. The fraction of sp³-hybridized carbons (Fsp3) is 0.188. The Hall–Kier alpha value is -2.49. The highest BCUT2D eigenvalue weighted by Gasteiger charge is 2.10. The van der Waals surface area contributed by atoms with Crippen LogP contribution in [0.2, 0.25) is 0 Å².